The Morgan fingerprint density at radius 3 is 1.71 bits per heavy atom. The molecule has 0 bridgehead atoms. The van der Waals surface area contributed by atoms with E-state index in [4.69, 9.17) is 19.4 Å². The molecule has 2 aliphatic heterocycles. The molecule has 28 heavy (non-hydrogen) atoms. The molecule has 158 valence electrons. The molecule has 3 rings (SSSR count). The monoisotopic (exact) mass is 430 g/mol. The summed E-state index contributed by atoms with van der Waals surface area (Å²) in [6.45, 7) is 12.9. The lowest BCUT2D eigenvalue weighted by Crippen LogP contribution is -2.48. The maximum absolute atomic E-state index is 11.6. The van der Waals surface area contributed by atoms with Gasteiger partial charge in [0.2, 0.25) is 10.0 Å². The van der Waals surface area contributed by atoms with Gasteiger partial charge in [0.1, 0.15) is 7.36 Å². The molecule has 0 aliphatic carbocycles. The first-order valence-corrected chi connectivity index (χ1v) is 12.8. The van der Waals surface area contributed by atoms with E-state index in [1.165, 1.54) is 12.1 Å². The first kappa shape index (κ1) is 21.9. The number of nitrogens with zero attached hydrogens (tertiary/aromatic N) is 3. The van der Waals surface area contributed by atoms with Crippen LogP contribution in [0.5, 0.6) is 0 Å². The van der Waals surface area contributed by atoms with Crippen molar-refractivity contribution in [3.8, 4) is 0 Å². The van der Waals surface area contributed by atoms with E-state index in [0.717, 1.165) is 31.9 Å². The average molecular weight is 431 g/mol. The summed E-state index contributed by atoms with van der Waals surface area (Å²) in [6.07, 6.45) is 0. The van der Waals surface area contributed by atoms with Gasteiger partial charge < -0.3 is 9.47 Å². The van der Waals surface area contributed by atoms with Gasteiger partial charge in [0, 0.05) is 31.3 Å². The van der Waals surface area contributed by atoms with Crippen LogP contribution in [0, 0.1) is 0 Å². The smallest absolute Gasteiger partial charge is 0.238 e. The third-order valence-corrected chi connectivity index (χ3v) is 10.7. The Bertz CT molecular complexity index is 802. The van der Waals surface area contributed by atoms with Crippen LogP contribution in [-0.2, 0) is 19.5 Å². The summed E-state index contributed by atoms with van der Waals surface area (Å²) in [5.74, 6) is 0. The molecule has 8 nitrogen and oxygen atoms in total. The summed E-state index contributed by atoms with van der Waals surface area (Å²) in [7, 11) is -5.88. The SMILES string of the molecule is CC(C)(C)P(=Nc1ccc(S(N)(=O)=O)cc1)(N1CCOCC1)N1CCOCC1. The predicted octanol–water partition coefficient (Wildman–Crippen LogP) is 2.46. The quantitative estimate of drug-likeness (QED) is 0.737. The van der Waals surface area contributed by atoms with E-state index in [-0.39, 0.29) is 10.1 Å². The molecule has 2 saturated heterocycles. The topological polar surface area (TPSA) is 97.5 Å². The van der Waals surface area contributed by atoms with E-state index >= 15 is 0 Å². The second-order valence-corrected chi connectivity index (χ2v) is 13.4. The van der Waals surface area contributed by atoms with Crippen LogP contribution in [0.2, 0.25) is 0 Å². The van der Waals surface area contributed by atoms with Crippen molar-refractivity contribution in [2.75, 3.05) is 52.6 Å². The van der Waals surface area contributed by atoms with E-state index in [0.29, 0.717) is 26.4 Å². The normalized spacial score (nSPS) is 20.9. The van der Waals surface area contributed by atoms with Crippen molar-refractivity contribution in [2.24, 2.45) is 9.88 Å². The van der Waals surface area contributed by atoms with Gasteiger partial charge in [0.05, 0.1) is 37.0 Å². The van der Waals surface area contributed by atoms with Crippen molar-refractivity contribution in [3.63, 3.8) is 0 Å². The zero-order valence-electron chi connectivity index (χ0n) is 16.9. The summed E-state index contributed by atoms with van der Waals surface area (Å²) in [5, 5.41) is 5.14. The van der Waals surface area contributed by atoms with E-state index in [2.05, 4.69) is 30.1 Å². The Labute approximate surface area is 168 Å². The Morgan fingerprint density at radius 2 is 1.36 bits per heavy atom. The van der Waals surface area contributed by atoms with Crippen LogP contribution in [0.4, 0.5) is 5.69 Å². The van der Waals surface area contributed by atoms with Gasteiger partial charge in [-0.1, -0.05) is 20.8 Å². The van der Waals surface area contributed by atoms with E-state index < -0.39 is 17.4 Å². The number of primary sulfonamides is 1. The number of hydrogen-bond donors (Lipinski definition) is 1. The van der Waals surface area contributed by atoms with Crippen molar-refractivity contribution >= 4 is 23.1 Å². The van der Waals surface area contributed by atoms with Gasteiger partial charge in [0.15, 0.2) is 0 Å². The van der Waals surface area contributed by atoms with Crippen LogP contribution in [0.15, 0.2) is 33.9 Å². The highest BCUT2D eigenvalue weighted by Gasteiger charge is 2.45. The van der Waals surface area contributed by atoms with E-state index in [1.54, 1.807) is 12.1 Å². The van der Waals surface area contributed by atoms with Crippen LogP contribution in [0.25, 0.3) is 0 Å². The number of sulfonamides is 1. The number of nitrogens with two attached hydrogens (primary N) is 1. The zero-order chi connectivity index (χ0) is 20.4. The van der Waals surface area contributed by atoms with Gasteiger partial charge in [0.25, 0.3) is 0 Å². The second kappa shape index (κ2) is 8.52. The number of rotatable bonds is 4. The van der Waals surface area contributed by atoms with E-state index in [1.807, 2.05) is 0 Å². The lowest BCUT2D eigenvalue weighted by Gasteiger charge is -2.52. The fourth-order valence-corrected chi connectivity index (χ4v) is 8.85. The van der Waals surface area contributed by atoms with Gasteiger partial charge in [-0.2, -0.15) is 0 Å². The minimum atomic E-state index is -3.72. The summed E-state index contributed by atoms with van der Waals surface area (Å²) in [5.41, 5.74) is 0.772. The first-order chi connectivity index (χ1) is 13.1. The van der Waals surface area contributed by atoms with Crippen LogP contribution in [0.3, 0.4) is 0 Å². The van der Waals surface area contributed by atoms with Crippen molar-refractivity contribution in [2.45, 2.75) is 30.8 Å². The molecular formula is C18H31N4O4PS. The van der Waals surface area contributed by atoms with Crippen molar-refractivity contribution in [3.05, 3.63) is 24.3 Å². The van der Waals surface area contributed by atoms with Gasteiger partial charge >= 0.3 is 0 Å². The van der Waals surface area contributed by atoms with Crippen molar-refractivity contribution in [1.82, 2.24) is 9.34 Å². The molecule has 0 aromatic heterocycles. The molecule has 0 radical (unpaired) electrons. The summed E-state index contributed by atoms with van der Waals surface area (Å²) in [4.78, 5) is 0.101. The van der Waals surface area contributed by atoms with Gasteiger partial charge in [-0.15, -0.1) is 0 Å². The molecule has 1 aromatic rings. The molecule has 0 saturated carbocycles. The Morgan fingerprint density at radius 1 is 0.929 bits per heavy atom. The van der Waals surface area contributed by atoms with Gasteiger partial charge in [-0.3, -0.25) is 9.34 Å². The Hall–Kier alpha value is -0.800. The summed E-state index contributed by atoms with van der Waals surface area (Å²) >= 11 is 0. The minimum absolute atomic E-state index is 0.0969. The van der Waals surface area contributed by atoms with Crippen LogP contribution < -0.4 is 5.14 Å². The maximum atomic E-state index is 11.6. The second-order valence-electron chi connectivity index (χ2n) is 8.01. The number of morpholine rings is 2. The molecule has 0 amide bonds. The first-order valence-electron chi connectivity index (χ1n) is 9.56. The van der Waals surface area contributed by atoms with Crippen LogP contribution in [0.1, 0.15) is 20.8 Å². The third-order valence-electron chi connectivity index (χ3n) is 5.08. The largest absolute Gasteiger partial charge is 0.379 e. The number of hydrogen-bond acceptors (Lipinski definition) is 5. The highest BCUT2D eigenvalue weighted by atomic mass is 32.2. The predicted molar refractivity (Wildman–Crippen MR) is 111 cm³/mol. The average Bonchev–Trinajstić information content (AvgIpc) is 2.66. The van der Waals surface area contributed by atoms with Crippen molar-refractivity contribution in [1.29, 1.82) is 0 Å². The maximum Gasteiger partial charge on any atom is 0.238 e. The third kappa shape index (κ3) is 4.51. The molecule has 2 aliphatic rings. The van der Waals surface area contributed by atoms with Crippen molar-refractivity contribution < 1.29 is 17.9 Å². The zero-order valence-corrected chi connectivity index (χ0v) is 18.6. The molecule has 1 aromatic carbocycles. The molecule has 0 spiro atoms. The Kier molecular flexibility index (Phi) is 6.66. The summed E-state index contributed by atoms with van der Waals surface area (Å²) in [6, 6.07) is 6.57. The lowest BCUT2D eigenvalue weighted by atomic mass is 10.3. The lowest BCUT2D eigenvalue weighted by molar-refractivity contribution is 0.0550. The standard InChI is InChI=1S/C18H31N4O4PS/c1-18(2,3)27(21-8-12-25-13-9-21,22-10-14-26-15-11-22)20-16-4-6-17(7-5-16)28(19,23)24/h4-7H,8-15H2,1-3H3,(H2,19,23,24). The highest BCUT2D eigenvalue weighted by Crippen LogP contribution is 2.67. The molecule has 2 heterocycles. The number of benzene rings is 1. The van der Waals surface area contributed by atoms with Crippen LogP contribution in [-0.4, -0.2) is 75.5 Å². The Balaban J connectivity index is 2.14. The number of ether oxygens (including phenoxy) is 2. The van der Waals surface area contributed by atoms with Crippen LogP contribution >= 0.6 is 7.36 Å². The summed E-state index contributed by atoms with van der Waals surface area (Å²) < 4.78 is 44.7. The molecule has 2 N–H and O–H groups in total. The fraction of sp³-hybridized carbons (Fsp3) is 0.667. The highest BCUT2D eigenvalue weighted by molar-refractivity contribution is 7.89. The molecule has 2 fully saturated rings. The minimum Gasteiger partial charge on any atom is -0.379 e. The van der Waals surface area contributed by atoms with E-state index in [9.17, 15) is 8.42 Å². The molecular weight excluding hydrogens is 399 g/mol. The molecule has 10 heteroatoms. The fourth-order valence-electron chi connectivity index (χ4n) is 3.83. The molecule has 0 unspecified atom stereocenters. The van der Waals surface area contributed by atoms with Gasteiger partial charge in [-0.05, 0) is 24.3 Å². The molecule has 0 atom stereocenters. The van der Waals surface area contributed by atoms with Gasteiger partial charge in [-0.25, -0.2) is 18.3 Å².